The fourth-order valence-corrected chi connectivity index (χ4v) is 1.68. The number of rotatable bonds is 6. The van der Waals surface area contributed by atoms with Crippen molar-refractivity contribution in [3.8, 4) is 17.2 Å². The lowest BCUT2D eigenvalue weighted by Gasteiger charge is -2.25. The number of ketones is 1. The van der Waals surface area contributed by atoms with E-state index in [0.717, 1.165) is 12.1 Å². The van der Waals surface area contributed by atoms with E-state index in [1.165, 1.54) is 0 Å². The number of phenols is 3. The van der Waals surface area contributed by atoms with Gasteiger partial charge in [0.05, 0.1) is 6.61 Å². The van der Waals surface area contributed by atoms with Crippen LogP contribution in [0.15, 0.2) is 12.1 Å². The van der Waals surface area contributed by atoms with Crippen molar-refractivity contribution in [2.75, 3.05) is 6.61 Å². The highest BCUT2D eigenvalue weighted by molar-refractivity contribution is 6.04. The van der Waals surface area contributed by atoms with E-state index in [0.29, 0.717) is 0 Å². The fourth-order valence-electron chi connectivity index (χ4n) is 1.68. The summed E-state index contributed by atoms with van der Waals surface area (Å²) in [5.41, 5.74) is -0.773. The topological polar surface area (TPSA) is 179 Å². The summed E-state index contributed by atoms with van der Waals surface area (Å²) in [6, 6.07) is 1.45. The van der Waals surface area contributed by atoms with Crippen LogP contribution in [-0.2, 0) is 0 Å². The van der Waals surface area contributed by atoms with E-state index >= 15 is 0 Å². The summed E-state index contributed by atoms with van der Waals surface area (Å²) in [7, 11) is 0. The maximum atomic E-state index is 11.9. The molecule has 0 fully saturated rings. The second kappa shape index (κ2) is 6.70. The Morgan fingerprint density at radius 2 is 1.43 bits per heavy atom. The first-order chi connectivity index (χ1) is 9.70. The molecule has 0 heterocycles. The van der Waals surface area contributed by atoms with Crippen LogP contribution in [-0.4, -0.2) is 77.7 Å². The Labute approximate surface area is 118 Å². The predicted octanol–water partition coefficient (Wildman–Crippen LogP) is -2.58. The number of phenolic OH excluding ortho intramolecular Hbond substituents is 3. The van der Waals surface area contributed by atoms with Crippen LogP contribution in [0.3, 0.4) is 0 Å². The Morgan fingerprint density at radius 3 is 1.86 bits per heavy atom. The number of aliphatic hydroxyl groups is 5. The van der Waals surface area contributed by atoms with Crippen LogP contribution in [0.1, 0.15) is 10.4 Å². The quantitative estimate of drug-likeness (QED) is 0.262. The highest BCUT2D eigenvalue weighted by Crippen LogP contribution is 2.33. The molecule has 9 heteroatoms. The molecule has 1 aromatic rings. The molecule has 0 amide bonds. The molecule has 118 valence electrons. The Kier molecular flexibility index (Phi) is 5.47. The van der Waals surface area contributed by atoms with Crippen molar-refractivity contribution in [2.45, 2.75) is 24.4 Å². The smallest absolute Gasteiger partial charge is 0.201 e. The van der Waals surface area contributed by atoms with Crippen LogP contribution in [0.25, 0.3) is 0 Å². The Balaban J connectivity index is 3.03. The zero-order valence-corrected chi connectivity index (χ0v) is 10.7. The van der Waals surface area contributed by atoms with Gasteiger partial charge in [0.2, 0.25) is 5.78 Å². The number of carbonyl (C=O) groups is 1. The molecular weight excluding hydrogens is 288 g/mol. The molecule has 0 bridgehead atoms. The van der Waals surface area contributed by atoms with Gasteiger partial charge in [-0.3, -0.25) is 4.79 Å². The predicted molar refractivity (Wildman–Crippen MR) is 66.9 cm³/mol. The zero-order valence-electron chi connectivity index (χ0n) is 10.7. The summed E-state index contributed by atoms with van der Waals surface area (Å²) in [5.74, 6) is -3.57. The molecule has 21 heavy (non-hydrogen) atoms. The Hall–Kier alpha value is -1.91. The maximum Gasteiger partial charge on any atom is 0.201 e. The highest BCUT2D eigenvalue weighted by atomic mass is 16.4. The van der Waals surface area contributed by atoms with E-state index in [-0.39, 0.29) is 0 Å². The first-order valence-electron chi connectivity index (χ1n) is 5.83. The van der Waals surface area contributed by atoms with Crippen molar-refractivity contribution in [1.82, 2.24) is 0 Å². The van der Waals surface area contributed by atoms with Gasteiger partial charge in [0, 0.05) is 12.1 Å². The molecule has 0 aliphatic carbocycles. The number of Topliss-reactive ketones (excluding diaryl/α,β-unsaturated/α-hetero) is 1. The van der Waals surface area contributed by atoms with Crippen LogP contribution < -0.4 is 0 Å². The molecule has 0 spiro atoms. The minimum absolute atomic E-state index is 0.535. The van der Waals surface area contributed by atoms with Crippen LogP contribution in [0.2, 0.25) is 0 Å². The third-order valence-electron chi connectivity index (χ3n) is 2.85. The van der Waals surface area contributed by atoms with Gasteiger partial charge >= 0.3 is 0 Å². The number of aromatic hydroxyl groups is 3. The van der Waals surface area contributed by atoms with E-state index in [1.54, 1.807) is 0 Å². The molecule has 0 saturated carbocycles. The lowest BCUT2D eigenvalue weighted by Crippen LogP contribution is -2.48. The molecule has 0 saturated heterocycles. The van der Waals surface area contributed by atoms with Gasteiger partial charge in [-0.25, -0.2) is 0 Å². The molecule has 4 atom stereocenters. The summed E-state index contributed by atoms with van der Waals surface area (Å²) in [6.45, 7) is -0.922. The van der Waals surface area contributed by atoms with Crippen molar-refractivity contribution in [3.63, 3.8) is 0 Å². The van der Waals surface area contributed by atoms with Gasteiger partial charge in [-0.2, -0.15) is 0 Å². The second-order valence-electron chi connectivity index (χ2n) is 4.40. The van der Waals surface area contributed by atoms with Crippen molar-refractivity contribution in [3.05, 3.63) is 17.7 Å². The van der Waals surface area contributed by atoms with Gasteiger partial charge in [0.1, 0.15) is 47.2 Å². The molecule has 0 unspecified atom stereocenters. The van der Waals surface area contributed by atoms with E-state index in [2.05, 4.69) is 0 Å². The average Bonchev–Trinajstić information content (AvgIpc) is 2.42. The van der Waals surface area contributed by atoms with Gasteiger partial charge in [-0.05, 0) is 0 Å². The molecule has 0 aliphatic heterocycles. The number of carbonyl (C=O) groups excluding carboxylic acids is 1. The summed E-state index contributed by atoms with van der Waals surface area (Å²) in [6.07, 6.45) is -8.30. The Morgan fingerprint density at radius 1 is 0.952 bits per heavy atom. The SMILES string of the molecule is O=C(c1c(O)cc(O)cc1O)[C@H](O)[C@@H](O)[C@H](O)[C@H](O)CO. The van der Waals surface area contributed by atoms with Crippen molar-refractivity contribution in [1.29, 1.82) is 0 Å². The number of hydrogen-bond acceptors (Lipinski definition) is 9. The molecule has 9 nitrogen and oxygen atoms in total. The van der Waals surface area contributed by atoms with Crippen LogP contribution in [0, 0.1) is 0 Å². The molecule has 0 radical (unpaired) electrons. The minimum Gasteiger partial charge on any atom is -0.508 e. The van der Waals surface area contributed by atoms with Gasteiger partial charge in [0.15, 0.2) is 0 Å². The first kappa shape index (κ1) is 17.1. The zero-order chi connectivity index (χ0) is 16.3. The lowest BCUT2D eigenvalue weighted by atomic mass is 9.95. The average molecular weight is 304 g/mol. The second-order valence-corrected chi connectivity index (χ2v) is 4.40. The van der Waals surface area contributed by atoms with Gasteiger partial charge in [-0.1, -0.05) is 0 Å². The number of benzene rings is 1. The van der Waals surface area contributed by atoms with E-state index in [4.69, 9.17) is 15.3 Å². The number of hydrogen-bond donors (Lipinski definition) is 8. The molecule has 8 N–H and O–H groups in total. The number of aliphatic hydroxyl groups excluding tert-OH is 5. The molecular formula is C12H16O9. The van der Waals surface area contributed by atoms with Gasteiger partial charge in [0.25, 0.3) is 0 Å². The van der Waals surface area contributed by atoms with Gasteiger partial charge in [-0.15, -0.1) is 0 Å². The first-order valence-corrected chi connectivity index (χ1v) is 5.83. The largest absolute Gasteiger partial charge is 0.508 e. The summed E-state index contributed by atoms with van der Waals surface area (Å²) < 4.78 is 0. The van der Waals surface area contributed by atoms with Crippen LogP contribution in [0.4, 0.5) is 0 Å². The van der Waals surface area contributed by atoms with Crippen molar-refractivity contribution < 1.29 is 45.6 Å². The summed E-state index contributed by atoms with van der Waals surface area (Å²) in [4.78, 5) is 11.9. The molecule has 1 rings (SSSR count). The van der Waals surface area contributed by atoms with E-state index < -0.39 is 59.6 Å². The standard InChI is InChI=1S/C12H16O9/c13-3-7(17)9(18)11(20)12(21)10(19)8-5(15)1-4(14)2-6(8)16/h1-2,7,9,11-18,20-21H,3H2/t7-,9-,11+,12+/m1/s1. The highest BCUT2D eigenvalue weighted by Gasteiger charge is 2.36. The summed E-state index contributed by atoms with van der Waals surface area (Å²) in [5, 5.41) is 74.4. The normalized spacial score (nSPS) is 17.0. The Bertz CT molecular complexity index is 492. The molecule has 0 aliphatic rings. The fraction of sp³-hybridized carbons (Fsp3) is 0.417. The lowest BCUT2D eigenvalue weighted by molar-refractivity contribution is -0.105. The van der Waals surface area contributed by atoms with Crippen molar-refractivity contribution in [2.24, 2.45) is 0 Å². The van der Waals surface area contributed by atoms with E-state index in [1.807, 2.05) is 0 Å². The minimum atomic E-state index is -2.29. The maximum absolute atomic E-state index is 11.9. The van der Waals surface area contributed by atoms with Crippen LogP contribution >= 0.6 is 0 Å². The van der Waals surface area contributed by atoms with Crippen LogP contribution in [0.5, 0.6) is 17.2 Å². The van der Waals surface area contributed by atoms with Gasteiger partial charge < -0.3 is 40.9 Å². The third-order valence-corrected chi connectivity index (χ3v) is 2.85. The summed E-state index contributed by atoms with van der Waals surface area (Å²) >= 11 is 0. The molecule has 1 aromatic carbocycles. The molecule has 0 aromatic heterocycles. The third kappa shape index (κ3) is 3.60. The van der Waals surface area contributed by atoms with E-state index in [9.17, 15) is 30.3 Å². The monoisotopic (exact) mass is 304 g/mol. The van der Waals surface area contributed by atoms with Crippen molar-refractivity contribution >= 4 is 5.78 Å².